The van der Waals surface area contributed by atoms with Crippen LogP contribution >= 0.6 is 0 Å². The van der Waals surface area contributed by atoms with E-state index in [1.165, 1.54) is 38.7 Å². The van der Waals surface area contributed by atoms with E-state index in [4.69, 9.17) is 0 Å². The number of fused-ring (bicyclic) bond motifs is 1. The average molecular weight is 276 g/mol. The number of anilines is 1. The Balaban J connectivity index is 1.91. The van der Waals surface area contributed by atoms with Crippen molar-refractivity contribution in [2.24, 2.45) is 0 Å². The first-order valence-electron chi connectivity index (χ1n) is 7.28. The first-order valence-corrected chi connectivity index (χ1v) is 7.28. The molecule has 0 saturated carbocycles. The highest BCUT2D eigenvalue weighted by Gasteiger charge is 2.05. The third kappa shape index (κ3) is 2.75. The summed E-state index contributed by atoms with van der Waals surface area (Å²) < 4.78 is 0. The molecule has 0 aliphatic carbocycles. The maximum Gasteiger partial charge on any atom is 0.0407 e. The zero-order valence-electron chi connectivity index (χ0n) is 12.8. The molecule has 106 valence electrons. The molecule has 1 aromatic heterocycles. The number of aromatic nitrogens is 1. The van der Waals surface area contributed by atoms with Gasteiger partial charge >= 0.3 is 0 Å². The van der Waals surface area contributed by atoms with E-state index in [1.54, 1.807) is 0 Å². The molecule has 3 aromatic rings. The molecule has 2 heteroatoms. The number of aryl methyl sites for hydroxylation is 3. The van der Waals surface area contributed by atoms with Crippen molar-refractivity contribution in [3.05, 3.63) is 71.0 Å². The maximum absolute atomic E-state index is 4.19. The topological polar surface area (TPSA) is 24.9 Å². The fraction of sp³-hybridized carbons (Fsp3) is 0.211. The summed E-state index contributed by atoms with van der Waals surface area (Å²) in [5, 5.41) is 6.05. The van der Waals surface area contributed by atoms with Crippen molar-refractivity contribution in [2.75, 3.05) is 5.32 Å². The summed E-state index contributed by atoms with van der Waals surface area (Å²) in [7, 11) is 0. The molecule has 0 bridgehead atoms. The van der Waals surface area contributed by atoms with Crippen LogP contribution in [0.15, 0.2) is 48.8 Å². The lowest BCUT2D eigenvalue weighted by atomic mass is 10.0. The number of hydrogen-bond donors (Lipinski definition) is 1. The molecule has 0 atom stereocenters. The molecular weight excluding hydrogens is 256 g/mol. The zero-order chi connectivity index (χ0) is 14.8. The minimum absolute atomic E-state index is 0.825. The van der Waals surface area contributed by atoms with Gasteiger partial charge in [-0.2, -0.15) is 0 Å². The van der Waals surface area contributed by atoms with Gasteiger partial charge in [-0.15, -0.1) is 0 Å². The summed E-state index contributed by atoms with van der Waals surface area (Å²) in [6, 6.07) is 12.9. The molecule has 0 radical (unpaired) electrons. The van der Waals surface area contributed by atoms with Crippen LogP contribution in [0.1, 0.15) is 22.3 Å². The van der Waals surface area contributed by atoms with Crippen molar-refractivity contribution in [1.82, 2.24) is 4.98 Å². The lowest BCUT2D eigenvalue weighted by Crippen LogP contribution is -2.04. The molecule has 0 fully saturated rings. The minimum Gasteiger partial charge on any atom is -0.381 e. The van der Waals surface area contributed by atoms with Gasteiger partial charge in [0, 0.05) is 30.0 Å². The van der Waals surface area contributed by atoms with Crippen LogP contribution in [0.5, 0.6) is 0 Å². The Hall–Kier alpha value is -2.35. The van der Waals surface area contributed by atoms with Gasteiger partial charge in [-0.1, -0.05) is 35.9 Å². The molecule has 0 aliphatic heterocycles. The second-order valence-corrected chi connectivity index (χ2v) is 5.64. The van der Waals surface area contributed by atoms with E-state index in [-0.39, 0.29) is 0 Å². The Bertz CT molecular complexity index is 762. The molecule has 0 spiro atoms. The fourth-order valence-electron chi connectivity index (χ4n) is 2.99. The van der Waals surface area contributed by atoms with E-state index in [9.17, 15) is 0 Å². The summed E-state index contributed by atoms with van der Waals surface area (Å²) in [5.41, 5.74) is 6.46. The van der Waals surface area contributed by atoms with E-state index in [1.807, 2.05) is 12.4 Å². The van der Waals surface area contributed by atoms with Crippen LogP contribution in [-0.2, 0) is 6.54 Å². The SMILES string of the molecule is Cc1cc(C)c(NCc2cccc3cnccc23)c(C)c1. The molecule has 21 heavy (non-hydrogen) atoms. The van der Waals surface area contributed by atoms with Crippen LogP contribution in [0.3, 0.4) is 0 Å². The van der Waals surface area contributed by atoms with E-state index >= 15 is 0 Å². The quantitative estimate of drug-likeness (QED) is 0.745. The van der Waals surface area contributed by atoms with Crippen molar-refractivity contribution in [2.45, 2.75) is 27.3 Å². The fourth-order valence-corrected chi connectivity index (χ4v) is 2.99. The highest BCUT2D eigenvalue weighted by atomic mass is 14.9. The van der Waals surface area contributed by atoms with Crippen LogP contribution in [0, 0.1) is 20.8 Å². The van der Waals surface area contributed by atoms with Crippen molar-refractivity contribution < 1.29 is 0 Å². The van der Waals surface area contributed by atoms with Crippen LogP contribution < -0.4 is 5.32 Å². The second kappa shape index (κ2) is 5.57. The predicted molar refractivity (Wildman–Crippen MR) is 89.7 cm³/mol. The first kappa shape index (κ1) is 13.6. The van der Waals surface area contributed by atoms with Crippen molar-refractivity contribution in [1.29, 1.82) is 0 Å². The second-order valence-electron chi connectivity index (χ2n) is 5.64. The van der Waals surface area contributed by atoms with Crippen LogP contribution in [0.4, 0.5) is 5.69 Å². The number of nitrogens with one attached hydrogen (secondary N) is 1. The van der Waals surface area contributed by atoms with Gasteiger partial charge in [0.25, 0.3) is 0 Å². The van der Waals surface area contributed by atoms with Crippen molar-refractivity contribution in [3.8, 4) is 0 Å². The maximum atomic E-state index is 4.19. The molecule has 2 nitrogen and oxygen atoms in total. The van der Waals surface area contributed by atoms with Gasteiger partial charge in [0.05, 0.1) is 0 Å². The number of pyridine rings is 1. The normalized spacial score (nSPS) is 10.8. The molecular formula is C19H20N2. The van der Waals surface area contributed by atoms with E-state index in [0.29, 0.717) is 0 Å². The summed E-state index contributed by atoms with van der Waals surface area (Å²) >= 11 is 0. The molecule has 0 aliphatic rings. The van der Waals surface area contributed by atoms with Gasteiger partial charge < -0.3 is 5.32 Å². The number of nitrogens with zero attached hydrogens (tertiary/aromatic N) is 1. The monoisotopic (exact) mass is 276 g/mol. The zero-order valence-corrected chi connectivity index (χ0v) is 12.8. The lowest BCUT2D eigenvalue weighted by Gasteiger charge is -2.15. The number of rotatable bonds is 3. The van der Waals surface area contributed by atoms with Gasteiger partial charge in [0.1, 0.15) is 0 Å². The van der Waals surface area contributed by atoms with Crippen molar-refractivity contribution >= 4 is 16.5 Å². The summed E-state index contributed by atoms with van der Waals surface area (Å²) in [4.78, 5) is 4.19. The third-order valence-corrected chi connectivity index (χ3v) is 3.90. The van der Waals surface area contributed by atoms with Gasteiger partial charge in [0.2, 0.25) is 0 Å². The summed E-state index contributed by atoms with van der Waals surface area (Å²) in [6.07, 6.45) is 3.77. The predicted octanol–water partition coefficient (Wildman–Crippen LogP) is 4.77. The highest BCUT2D eigenvalue weighted by molar-refractivity contribution is 5.85. The molecule has 3 rings (SSSR count). The molecule has 1 heterocycles. The summed E-state index contributed by atoms with van der Waals surface area (Å²) in [5.74, 6) is 0. The van der Waals surface area contributed by atoms with Crippen LogP contribution in [0.25, 0.3) is 10.8 Å². The van der Waals surface area contributed by atoms with E-state index < -0.39 is 0 Å². The van der Waals surface area contributed by atoms with Crippen LogP contribution in [-0.4, -0.2) is 4.98 Å². The minimum atomic E-state index is 0.825. The van der Waals surface area contributed by atoms with Crippen LogP contribution in [0.2, 0.25) is 0 Å². The Morgan fingerprint density at radius 2 is 1.76 bits per heavy atom. The summed E-state index contributed by atoms with van der Waals surface area (Å²) in [6.45, 7) is 7.29. The third-order valence-electron chi connectivity index (χ3n) is 3.90. The Kier molecular flexibility index (Phi) is 3.61. The molecule has 0 amide bonds. The molecule has 0 saturated heterocycles. The van der Waals surface area contributed by atoms with Gasteiger partial charge in [-0.3, -0.25) is 4.98 Å². The highest BCUT2D eigenvalue weighted by Crippen LogP contribution is 2.24. The number of hydrogen-bond acceptors (Lipinski definition) is 2. The first-order chi connectivity index (χ1) is 10.1. The van der Waals surface area contributed by atoms with Gasteiger partial charge in [-0.25, -0.2) is 0 Å². The van der Waals surface area contributed by atoms with E-state index in [2.05, 4.69) is 67.5 Å². The lowest BCUT2D eigenvalue weighted by molar-refractivity contribution is 1.14. The molecule has 2 aromatic carbocycles. The van der Waals surface area contributed by atoms with Gasteiger partial charge in [0.15, 0.2) is 0 Å². The smallest absolute Gasteiger partial charge is 0.0407 e. The standard InChI is InChI=1S/C19H20N2/c1-13-9-14(2)19(15(3)10-13)21-12-17-6-4-5-16-11-20-8-7-18(16)17/h4-11,21H,12H2,1-3H3. The largest absolute Gasteiger partial charge is 0.381 e. The molecule has 1 N–H and O–H groups in total. The molecule has 0 unspecified atom stereocenters. The Morgan fingerprint density at radius 3 is 2.52 bits per heavy atom. The Morgan fingerprint density at radius 1 is 1.00 bits per heavy atom. The van der Waals surface area contributed by atoms with Gasteiger partial charge in [-0.05, 0) is 48.9 Å². The Labute approximate surface area is 125 Å². The van der Waals surface area contributed by atoms with Crippen molar-refractivity contribution in [3.63, 3.8) is 0 Å². The average Bonchev–Trinajstić information content (AvgIpc) is 2.46. The number of benzene rings is 2. The van der Waals surface area contributed by atoms with E-state index in [0.717, 1.165) is 6.54 Å².